The number of carbonyl (C=O) groups is 3. The van der Waals surface area contributed by atoms with Crippen LogP contribution in [-0.2, 0) is 47.2 Å². The number of hydrogen-bond acceptors (Lipinski definition) is 6. The van der Waals surface area contributed by atoms with Gasteiger partial charge >= 0.3 is 17.9 Å². The molecular weight excluding hydrogens is 584 g/mol. The van der Waals surface area contributed by atoms with Gasteiger partial charge in [0, 0.05) is 0 Å². The van der Waals surface area contributed by atoms with Crippen molar-refractivity contribution in [2.24, 2.45) is 0 Å². The molecule has 0 unspecified atom stereocenters. The second kappa shape index (κ2) is 15.4. The van der Waals surface area contributed by atoms with Crippen LogP contribution in [0, 0.1) is 0 Å². The van der Waals surface area contributed by atoms with E-state index in [1.54, 1.807) is 42.5 Å². The van der Waals surface area contributed by atoms with E-state index < -0.39 is 17.9 Å². The summed E-state index contributed by atoms with van der Waals surface area (Å²) < 4.78 is 5.42. The van der Waals surface area contributed by atoms with Crippen LogP contribution < -0.4 is 0 Å². The normalized spacial score (nSPS) is 10.8. The van der Waals surface area contributed by atoms with E-state index in [4.69, 9.17) is 14.5 Å². The number of carbonyl (C=O) groups excluding carboxylic acids is 1. The highest BCUT2D eigenvalue weighted by Crippen LogP contribution is 2.19. The van der Waals surface area contributed by atoms with Gasteiger partial charge in [0.25, 0.3) is 0 Å². The van der Waals surface area contributed by atoms with E-state index in [1.807, 2.05) is 66.7 Å². The first-order chi connectivity index (χ1) is 22.4. The summed E-state index contributed by atoms with van der Waals surface area (Å²) in [7, 11) is 0. The Morgan fingerprint density at radius 2 is 0.935 bits per heavy atom. The van der Waals surface area contributed by atoms with Gasteiger partial charge < -0.3 is 14.9 Å². The molecule has 0 aromatic heterocycles. The Hall–Kier alpha value is -5.57. The topological polar surface area (TPSA) is 119 Å². The average molecular weight is 617 g/mol. The molecule has 0 aliphatic rings. The van der Waals surface area contributed by atoms with E-state index in [0.29, 0.717) is 24.0 Å². The highest BCUT2D eigenvalue weighted by molar-refractivity contribution is 6.02. The van der Waals surface area contributed by atoms with Gasteiger partial charge in [0.2, 0.25) is 0 Å². The molecule has 0 heterocycles. The molecule has 8 nitrogen and oxygen atoms in total. The van der Waals surface area contributed by atoms with Crippen molar-refractivity contribution in [1.29, 1.82) is 0 Å². The Morgan fingerprint density at radius 1 is 0.457 bits per heavy atom. The fraction of sp³-hybridized carbons (Fsp3) is 0.132. The lowest BCUT2D eigenvalue weighted by Crippen LogP contribution is -2.12. The van der Waals surface area contributed by atoms with Crippen molar-refractivity contribution in [2.75, 3.05) is 0 Å². The molecule has 0 aliphatic carbocycles. The van der Waals surface area contributed by atoms with E-state index in [9.17, 15) is 24.6 Å². The van der Waals surface area contributed by atoms with Crippen LogP contribution in [0.15, 0.2) is 121 Å². The SMILES string of the molecule is O=C(O)c1cc(Cc2ccccc2)ccc1COOCc1ccc(COC(=O)c2ccc(Cc3ccccc3)cc2C(=O)O)cc1. The summed E-state index contributed by atoms with van der Waals surface area (Å²) in [5.74, 6) is -2.96. The molecule has 0 radical (unpaired) electrons. The van der Waals surface area contributed by atoms with Crippen LogP contribution in [0.4, 0.5) is 0 Å². The minimum atomic E-state index is -1.20. The molecule has 46 heavy (non-hydrogen) atoms. The zero-order chi connectivity index (χ0) is 32.3. The lowest BCUT2D eigenvalue weighted by atomic mass is 9.99. The maximum Gasteiger partial charge on any atom is 0.339 e. The first kappa shape index (κ1) is 31.8. The van der Waals surface area contributed by atoms with E-state index in [-0.39, 0.29) is 36.5 Å². The Morgan fingerprint density at radius 3 is 1.50 bits per heavy atom. The zero-order valence-corrected chi connectivity index (χ0v) is 24.9. The highest BCUT2D eigenvalue weighted by Gasteiger charge is 2.19. The van der Waals surface area contributed by atoms with E-state index in [1.165, 1.54) is 12.1 Å². The molecule has 0 amide bonds. The maximum atomic E-state index is 12.8. The number of carboxylic acid groups (broad SMARTS) is 2. The number of benzene rings is 5. The second-order valence-electron chi connectivity index (χ2n) is 10.7. The third-order valence-corrected chi connectivity index (χ3v) is 7.36. The summed E-state index contributed by atoms with van der Waals surface area (Å²) in [4.78, 5) is 47.2. The van der Waals surface area contributed by atoms with Crippen LogP contribution in [0.1, 0.15) is 70.0 Å². The predicted octanol–water partition coefficient (Wildman–Crippen LogP) is 7.27. The van der Waals surface area contributed by atoms with Gasteiger partial charge in [0.05, 0.1) is 16.7 Å². The first-order valence-corrected chi connectivity index (χ1v) is 14.6. The molecule has 5 aromatic carbocycles. The fourth-order valence-electron chi connectivity index (χ4n) is 4.95. The van der Waals surface area contributed by atoms with Crippen LogP contribution in [0.5, 0.6) is 0 Å². The van der Waals surface area contributed by atoms with Gasteiger partial charge in [-0.1, -0.05) is 103 Å². The van der Waals surface area contributed by atoms with Crippen molar-refractivity contribution in [3.63, 3.8) is 0 Å². The first-order valence-electron chi connectivity index (χ1n) is 14.6. The van der Waals surface area contributed by atoms with Crippen LogP contribution in [0.2, 0.25) is 0 Å². The van der Waals surface area contributed by atoms with Gasteiger partial charge in [-0.25, -0.2) is 24.2 Å². The summed E-state index contributed by atoms with van der Waals surface area (Å²) >= 11 is 0. The monoisotopic (exact) mass is 616 g/mol. The van der Waals surface area contributed by atoms with Gasteiger partial charge in [-0.3, -0.25) is 0 Å². The smallest absolute Gasteiger partial charge is 0.339 e. The van der Waals surface area contributed by atoms with Crippen molar-refractivity contribution in [2.45, 2.75) is 32.7 Å². The number of carboxylic acids is 2. The molecule has 0 saturated carbocycles. The highest BCUT2D eigenvalue weighted by atomic mass is 17.2. The minimum absolute atomic E-state index is 0.0108. The van der Waals surface area contributed by atoms with Gasteiger partial charge in [-0.15, -0.1) is 0 Å². The molecule has 0 fully saturated rings. The van der Waals surface area contributed by atoms with Crippen molar-refractivity contribution < 1.29 is 39.1 Å². The zero-order valence-electron chi connectivity index (χ0n) is 24.9. The number of aromatic carboxylic acids is 2. The van der Waals surface area contributed by atoms with Crippen LogP contribution in [0.25, 0.3) is 0 Å². The molecule has 0 aliphatic heterocycles. The summed E-state index contributed by atoms with van der Waals surface area (Å²) in [5.41, 5.74) is 5.82. The minimum Gasteiger partial charge on any atom is -0.478 e. The molecule has 0 spiro atoms. The molecule has 2 N–H and O–H groups in total. The average Bonchev–Trinajstić information content (AvgIpc) is 3.07. The van der Waals surface area contributed by atoms with Gasteiger partial charge in [0.1, 0.15) is 19.8 Å². The van der Waals surface area contributed by atoms with Crippen LogP contribution in [-0.4, -0.2) is 28.1 Å². The number of hydrogen-bond donors (Lipinski definition) is 2. The third-order valence-electron chi connectivity index (χ3n) is 7.36. The standard InChI is InChI=1S/C38H32O8/c39-36(40)34-21-30(19-26-7-3-1-4-8-26)15-17-32(34)25-46-45-24-29-13-11-28(12-14-29)23-44-38(43)33-18-16-31(22-35(33)37(41)42)20-27-9-5-2-6-10-27/h1-18,21-22H,19-20,23-25H2,(H,39,40)(H,41,42). The molecule has 0 atom stereocenters. The fourth-order valence-corrected chi connectivity index (χ4v) is 4.95. The second-order valence-corrected chi connectivity index (χ2v) is 10.7. The molecular formula is C38H32O8. The van der Waals surface area contributed by atoms with Gasteiger partial charge in [-0.05, 0) is 70.0 Å². The largest absolute Gasteiger partial charge is 0.478 e. The van der Waals surface area contributed by atoms with Crippen LogP contribution >= 0.6 is 0 Å². The Bertz CT molecular complexity index is 1800. The summed E-state index contributed by atoms with van der Waals surface area (Å²) in [5, 5.41) is 19.4. The van der Waals surface area contributed by atoms with E-state index in [2.05, 4.69) is 0 Å². The summed E-state index contributed by atoms with van der Waals surface area (Å²) in [6.07, 6.45) is 1.17. The van der Waals surface area contributed by atoms with Crippen molar-refractivity contribution in [1.82, 2.24) is 0 Å². The van der Waals surface area contributed by atoms with E-state index >= 15 is 0 Å². The third kappa shape index (κ3) is 8.75. The Labute approximate surface area is 266 Å². The molecule has 8 heteroatoms. The number of esters is 1. The predicted molar refractivity (Wildman–Crippen MR) is 170 cm³/mol. The summed E-state index contributed by atoms with van der Waals surface area (Å²) in [6.45, 7) is 0.0399. The van der Waals surface area contributed by atoms with Gasteiger partial charge in [-0.2, -0.15) is 0 Å². The van der Waals surface area contributed by atoms with Crippen molar-refractivity contribution >= 4 is 17.9 Å². The van der Waals surface area contributed by atoms with Crippen molar-refractivity contribution in [3.8, 4) is 0 Å². The van der Waals surface area contributed by atoms with Crippen LogP contribution in [0.3, 0.4) is 0 Å². The Balaban J connectivity index is 1.10. The summed E-state index contributed by atoms with van der Waals surface area (Å²) in [6, 6.07) is 36.6. The van der Waals surface area contributed by atoms with Gasteiger partial charge in [0.15, 0.2) is 0 Å². The molecule has 5 aromatic rings. The molecule has 232 valence electrons. The van der Waals surface area contributed by atoms with E-state index in [0.717, 1.165) is 27.8 Å². The number of rotatable bonds is 14. The molecule has 5 rings (SSSR count). The lowest BCUT2D eigenvalue weighted by Gasteiger charge is -2.11. The maximum absolute atomic E-state index is 12.8. The Kier molecular flexibility index (Phi) is 10.7. The van der Waals surface area contributed by atoms with Crippen molar-refractivity contribution in [3.05, 3.63) is 177 Å². The molecule has 0 saturated heterocycles. The number of ether oxygens (including phenoxy) is 1. The lowest BCUT2D eigenvalue weighted by molar-refractivity contribution is -0.313. The quantitative estimate of drug-likeness (QED) is 0.0579. The molecule has 0 bridgehead atoms.